The van der Waals surface area contributed by atoms with Crippen molar-refractivity contribution >= 4 is 28.3 Å². The molecule has 0 aliphatic carbocycles. The number of amides is 1. The molecule has 118 valence electrons. The number of hydrogen-bond donors (Lipinski definition) is 0. The van der Waals surface area contributed by atoms with Gasteiger partial charge in [0.1, 0.15) is 6.04 Å². The lowest BCUT2D eigenvalue weighted by Crippen LogP contribution is -2.35. The van der Waals surface area contributed by atoms with Gasteiger partial charge in [0.15, 0.2) is 0 Å². The van der Waals surface area contributed by atoms with E-state index < -0.39 is 0 Å². The fourth-order valence-electron chi connectivity index (χ4n) is 3.45. The van der Waals surface area contributed by atoms with Crippen molar-refractivity contribution in [2.24, 2.45) is 0 Å². The second-order valence-electron chi connectivity index (χ2n) is 6.02. The number of fused-ring (bicyclic) bond motifs is 1. The number of likely N-dealkylation sites (tertiary alicyclic amines) is 1. The summed E-state index contributed by atoms with van der Waals surface area (Å²) < 4.78 is 1.99. The smallest absolute Gasteiger partial charge is 0.245 e. The average molecular weight is 325 g/mol. The molecule has 2 atom stereocenters. The lowest BCUT2D eigenvalue weighted by Gasteiger charge is -2.27. The van der Waals surface area contributed by atoms with Crippen LogP contribution in [0.15, 0.2) is 48.1 Å². The Labute approximate surface area is 139 Å². The summed E-state index contributed by atoms with van der Waals surface area (Å²) in [5.41, 5.74) is 1.95. The van der Waals surface area contributed by atoms with Crippen molar-refractivity contribution in [2.45, 2.75) is 31.8 Å². The van der Waals surface area contributed by atoms with Gasteiger partial charge in [0.2, 0.25) is 5.91 Å². The van der Waals surface area contributed by atoms with Gasteiger partial charge >= 0.3 is 0 Å². The van der Waals surface area contributed by atoms with Gasteiger partial charge in [0.05, 0.1) is 23.4 Å². The van der Waals surface area contributed by atoms with Crippen LogP contribution in [0.5, 0.6) is 0 Å². The first-order chi connectivity index (χ1) is 11.3. The monoisotopic (exact) mass is 325 g/mol. The number of carbonyl (C=O) groups excluding carboxylic acids is 1. The summed E-state index contributed by atoms with van der Waals surface area (Å²) in [5, 5.41) is 2.09. The van der Waals surface area contributed by atoms with Gasteiger partial charge in [0.25, 0.3) is 0 Å². The van der Waals surface area contributed by atoms with Gasteiger partial charge in [-0.05, 0) is 43.3 Å². The van der Waals surface area contributed by atoms with Gasteiger partial charge in [0, 0.05) is 11.4 Å². The molecule has 1 aliphatic heterocycles. The molecular weight excluding hydrogens is 306 g/mol. The standard InChI is InChI=1S/C18H19N3OS/c1-13(21-12-19-14-6-2-3-7-15(14)21)18(22)20-10-4-8-16(20)17-9-5-11-23-17/h2-3,5-7,9,11-13,16H,4,8,10H2,1H3. The van der Waals surface area contributed by atoms with Crippen LogP contribution in [-0.2, 0) is 4.79 Å². The number of rotatable bonds is 3. The molecule has 4 rings (SSSR count). The summed E-state index contributed by atoms with van der Waals surface area (Å²) in [4.78, 5) is 20.8. The van der Waals surface area contributed by atoms with E-state index in [1.807, 2.05) is 40.7 Å². The number of aromatic nitrogens is 2. The molecule has 1 aliphatic rings. The Morgan fingerprint density at radius 3 is 3.00 bits per heavy atom. The van der Waals surface area contributed by atoms with E-state index in [2.05, 4.69) is 22.5 Å². The molecule has 0 N–H and O–H groups in total. The molecule has 2 unspecified atom stereocenters. The first-order valence-corrected chi connectivity index (χ1v) is 8.89. The first kappa shape index (κ1) is 14.5. The number of imidazole rings is 1. The van der Waals surface area contributed by atoms with Gasteiger partial charge in [-0.1, -0.05) is 18.2 Å². The second-order valence-corrected chi connectivity index (χ2v) is 7.00. The Hall–Kier alpha value is -2.14. The van der Waals surface area contributed by atoms with Crippen LogP contribution < -0.4 is 0 Å². The van der Waals surface area contributed by atoms with Crippen LogP contribution in [0, 0.1) is 0 Å². The van der Waals surface area contributed by atoms with Crippen LogP contribution >= 0.6 is 11.3 Å². The predicted molar refractivity (Wildman–Crippen MR) is 92.5 cm³/mol. The Morgan fingerprint density at radius 2 is 2.17 bits per heavy atom. The third-order valence-corrected chi connectivity index (χ3v) is 5.64. The maximum absolute atomic E-state index is 13.1. The lowest BCUT2D eigenvalue weighted by molar-refractivity contribution is -0.135. The molecule has 0 spiro atoms. The van der Waals surface area contributed by atoms with E-state index in [4.69, 9.17) is 0 Å². The summed E-state index contributed by atoms with van der Waals surface area (Å²) in [5.74, 6) is 0.184. The van der Waals surface area contributed by atoms with E-state index in [1.165, 1.54) is 4.88 Å². The van der Waals surface area contributed by atoms with Crippen LogP contribution in [0.2, 0.25) is 0 Å². The highest BCUT2D eigenvalue weighted by Gasteiger charge is 2.33. The van der Waals surface area contributed by atoms with E-state index in [0.717, 1.165) is 30.4 Å². The van der Waals surface area contributed by atoms with Gasteiger partial charge in [-0.2, -0.15) is 0 Å². The van der Waals surface area contributed by atoms with Gasteiger partial charge in [-0.3, -0.25) is 4.79 Å². The van der Waals surface area contributed by atoms with E-state index >= 15 is 0 Å². The molecule has 1 saturated heterocycles. The molecule has 1 fully saturated rings. The summed E-state index contributed by atoms with van der Waals surface area (Å²) in [6.45, 7) is 2.82. The number of nitrogens with zero attached hydrogens (tertiary/aromatic N) is 3. The van der Waals surface area contributed by atoms with Crippen LogP contribution in [0.3, 0.4) is 0 Å². The second kappa shape index (κ2) is 5.81. The summed E-state index contributed by atoms with van der Waals surface area (Å²) >= 11 is 1.74. The Morgan fingerprint density at radius 1 is 1.30 bits per heavy atom. The van der Waals surface area contributed by atoms with E-state index in [9.17, 15) is 4.79 Å². The zero-order valence-electron chi connectivity index (χ0n) is 13.1. The zero-order valence-corrected chi connectivity index (χ0v) is 13.9. The van der Waals surface area contributed by atoms with Crippen molar-refractivity contribution in [3.05, 3.63) is 53.0 Å². The van der Waals surface area contributed by atoms with Crippen LogP contribution in [0.4, 0.5) is 0 Å². The highest BCUT2D eigenvalue weighted by atomic mass is 32.1. The van der Waals surface area contributed by atoms with E-state index in [-0.39, 0.29) is 18.0 Å². The van der Waals surface area contributed by atoms with E-state index in [1.54, 1.807) is 17.7 Å². The maximum atomic E-state index is 13.1. The van der Waals surface area contributed by atoms with Crippen molar-refractivity contribution < 1.29 is 4.79 Å². The Balaban J connectivity index is 1.63. The number of carbonyl (C=O) groups is 1. The predicted octanol–water partition coefficient (Wildman–Crippen LogP) is 4.02. The molecule has 0 radical (unpaired) electrons. The number of thiophene rings is 1. The molecular formula is C18H19N3OS. The normalized spacial score (nSPS) is 19.3. The fourth-order valence-corrected chi connectivity index (χ4v) is 4.33. The molecule has 3 aromatic rings. The number of hydrogen-bond acceptors (Lipinski definition) is 3. The molecule has 0 bridgehead atoms. The molecule has 0 saturated carbocycles. The third-order valence-electron chi connectivity index (χ3n) is 4.66. The molecule has 1 amide bonds. The summed E-state index contributed by atoms with van der Waals surface area (Å²) in [6.07, 6.45) is 3.92. The maximum Gasteiger partial charge on any atom is 0.245 e. The van der Waals surface area contributed by atoms with Crippen molar-refractivity contribution in [1.82, 2.24) is 14.5 Å². The largest absolute Gasteiger partial charge is 0.333 e. The highest BCUT2D eigenvalue weighted by Crippen LogP contribution is 2.36. The van der Waals surface area contributed by atoms with Crippen LogP contribution in [-0.4, -0.2) is 26.9 Å². The molecule has 3 heterocycles. The molecule has 4 nitrogen and oxygen atoms in total. The van der Waals surface area contributed by atoms with Gasteiger partial charge in [-0.25, -0.2) is 4.98 Å². The SMILES string of the molecule is CC(C(=O)N1CCCC1c1cccs1)n1cnc2ccccc21. The Bertz CT molecular complexity index is 824. The van der Waals surface area contributed by atoms with Crippen molar-refractivity contribution in [3.8, 4) is 0 Å². The lowest BCUT2D eigenvalue weighted by atomic mass is 10.1. The van der Waals surface area contributed by atoms with Crippen LogP contribution in [0.1, 0.15) is 36.7 Å². The summed E-state index contributed by atoms with van der Waals surface area (Å²) in [7, 11) is 0. The molecule has 5 heteroatoms. The van der Waals surface area contributed by atoms with Crippen molar-refractivity contribution in [1.29, 1.82) is 0 Å². The topological polar surface area (TPSA) is 38.1 Å². The first-order valence-electron chi connectivity index (χ1n) is 8.01. The van der Waals surface area contributed by atoms with Crippen LogP contribution in [0.25, 0.3) is 11.0 Å². The van der Waals surface area contributed by atoms with Crippen molar-refractivity contribution in [2.75, 3.05) is 6.54 Å². The fraction of sp³-hybridized carbons (Fsp3) is 0.333. The number of para-hydroxylation sites is 2. The third kappa shape index (κ3) is 2.45. The Kier molecular flexibility index (Phi) is 3.65. The minimum atomic E-state index is -0.233. The number of benzene rings is 1. The zero-order chi connectivity index (χ0) is 15.8. The van der Waals surface area contributed by atoms with Crippen molar-refractivity contribution in [3.63, 3.8) is 0 Å². The van der Waals surface area contributed by atoms with E-state index in [0.29, 0.717) is 0 Å². The highest BCUT2D eigenvalue weighted by molar-refractivity contribution is 7.10. The molecule has 23 heavy (non-hydrogen) atoms. The molecule has 1 aromatic carbocycles. The minimum Gasteiger partial charge on any atom is -0.333 e. The van der Waals surface area contributed by atoms with Gasteiger partial charge < -0.3 is 9.47 Å². The quantitative estimate of drug-likeness (QED) is 0.729. The minimum absolute atomic E-state index is 0.184. The summed E-state index contributed by atoms with van der Waals surface area (Å²) in [6, 6.07) is 12.2. The molecule has 2 aromatic heterocycles. The average Bonchev–Trinajstić information content (AvgIpc) is 3.31. The van der Waals surface area contributed by atoms with Gasteiger partial charge in [-0.15, -0.1) is 11.3 Å².